The van der Waals surface area contributed by atoms with Crippen LogP contribution in [0.2, 0.25) is 0 Å². The molecule has 0 heterocycles. The zero-order valence-corrected chi connectivity index (χ0v) is 36.8. The lowest BCUT2D eigenvalue weighted by Gasteiger charge is -2.19. The predicted molar refractivity (Wildman–Crippen MR) is 240 cm³/mol. The summed E-state index contributed by atoms with van der Waals surface area (Å²) in [4.78, 5) is 25.5. The van der Waals surface area contributed by atoms with Gasteiger partial charge >= 0.3 is 36.5 Å². The van der Waals surface area contributed by atoms with Crippen molar-refractivity contribution in [2.45, 2.75) is 81.9 Å². The van der Waals surface area contributed by atoms with Crippen molar-refractivity contribution >= 4 is 35.5 Å². The maximum Gasteiger partial charge on any atom is 0.426 e. The molecule has 69 heavy (non-hydrogen) atoms. The van der Waals surface area contributed by atoms with Gasteiger partial charge in [0.05, 0.1) is 17.0 Å². The molecular weight excluding hydrogens is 927 g/mol. The largest absolute Gasteiger partial charge is 0.462 e. The maximum atomic E-state index is 15.0. The number of aryl methyl sites for hydroxylation is 2. The van der Waals surface area contributed by atoms with Gasteiger partial charge in [0.15, 0.2) is 0 Å². The summed E-state index contributed by atoms with van der Waals surface area (Å²) in [5.74, 6) is -2.72. The van der Waals surface area contributed by atoms with Gasteiger partial charge in [-0.05, 0) is 139 Å². The Morgan fingerprint density at radius 1 is 0.507 bits per heavy atom. The van der Waals surface area contributed by atoms with E-state index in [0.29, 0.717) is 46.3 Å². The molecule has 0 bridgehead atoms. The highest BCUT2D eigenvalue weighted by Crippen LogP contribution is 2.34. The van der Waals surface area contributed by atoms with Crippen LogP contribution in [0.15, 0.2) is 127 Å². The molecule has 5 rings (SSSR count). The third-order valence-corrected chi connectivity index (χ3v) is 10.4. The number of alkyl halides is 10. The van der Waals surface area contributed by atoms with Gasteiger partial charge in [0.2, 0.25) is 0 Å². The van der Waals surface area contributed by atoms with E-state index in [2.05, 4.69) is 0 Å². The summed E-state index contributed by atoms with van der Waals surface area (Å²) in [6.45, 7) is -0.633. The molecule has 18 heteroatoms. The fraction of sp³-hybridized carbons (Fsp3) is 0.294. The van der Waals surface area contributed by atoms with Gasteiger partial charge < -0.3 is 30.4 Å². The molecule has 8 nitrogen and oxygen atoms in total. The number of nitrogens with two attached hydrogens (primary N) is 2. The summed E-state index contributed by atoms with van der Waals surface area (Å²) in [6, 6.07) is 25.6. The zero-order chi connectivity index (χ0) is 50.2. The summed E-state index contributed by atoms with van der Waals surface area (Å²) >= 11 is 0. The number of hydrogen-bond donors (Lipinski definition) is 2. The smallest absolute Gasteiger partial charge is 0.426 e. The first kappa shape index (κ1) is 53.0. The summed E-state index contributed by atoms with van der Waals surface area (Å²) in [7, 11) is 0. The van der Waals surface area contributed by atoms with Crippen LogP contribution in [-0.4, -0.2) is 37.5 Å². The monoisotopic (exact) mass is 974 g/mol. The average molecular weight is 975 g/mol. The third kappa shape index (κ3) is 18.2. The molecule has 0 saturated carbocycles. The van der Waals surface area contributed by atoms with Crippen molar-refractivity contribution in [1.82, 2.24) is 0 Å². The first-order valence-corrected chi connectivity index (χ1v) is 21.5. The van der Waals surface area contributed by atoms with Crippen molar-refractivity contribution in [3.8, 4) is 11.5 Å². The van der Waals surface area contributed by atoms with E-state index in [0.717, 1.165) is 36.4 Å². The van der Waals surface area contributed by atoms with Crippen LogP contribution in [0.25, 0.3) is 12.2 Å². The molecule has 368 valence electrons. The van der Waals surface area contributed by atoms with Gasteiger partial charge in [-0.3, -0.25) is 0 Å². The van der Waals surface area contributed by atoms with Crippen molar-refractivity contribution in [3.05, 3.63) is 166 Å². The normalized spacial score (nSPS) is 12.4. The Morgan fingerprint density at radius 2 is 0.899 bits per heavy atom. The lowest BCUT2D eigenvalue weighted by Crippen LogP contribution is -2.21. The third-order valence-electron chi connectivity index (χ3n) is 10.4. The van der Waals surface area contributed by atoms with E-state index in [4.69, 9.17) is 30.4 Å². The first-order chi connectivity index (χ1) is 32.5. The van der Waals surface area contributed by atoms with Crippen molar-refractivity contribution < 1.29 is 72.4 Å². The Kier molecular flexibility index (Phi) is 18.3. The number of carbonyl (C=O) groups is 2. The molecule has 5 aromatic carbocycles. The molecule has 0 radical (unpaired) electrons. The quantitative estimate of drug-likeness (QED) is 0.0218. The number of hydrogen-bond acceptors (Lipinski definition) is 8. The zero-order valence-electron chi connectivity index (χ0n) is 36.8. The molecule has 4 N–H and O–H groups in total. The van der Waals surface area contributed by atoms with E-state index in [1.165, 1.54) is 91.0 Å². The minimum atomic E-state index is -4.23. The molecular formula is C51H48F10N2O6. The molecule has 5 aromatic rings. The Balaban J connectivity index is 1.10. The van der Waals surface area contributed by atoms with Crippen LogP contribution in [0, 0.1) is 0 Å². The molecule has 0 unspecified atom stereocenters. The minimum Gasteiger partial charge on any atom is -0.462 e. The van der Waals surface area contributed by atoms with Crippen molar-refractivity contribution in [3.63, 3.8) is 0 Å². The fourth-order valence-corrected chi connectivity index (χ4v) is 6.73. The number of esters is 2. The number of anilines is 2. The molecule has 0 amide bonds. The number of nitrogen functional groups attached to an aromatic ring is 2. The second kappa shape index (κ2) is 23.8. The Hall–Kier alpha value is -6.98. The topological polar surface area (TPSA) is 123 Å². The van der Waals surface area contributed by atoms with Gasteiger partial charge in [0.1, 0.15) is 24.7 Å². The SMILES string of the molecule is Nc1ccc(C(COC(=O)/C=C/c2ccc(C(F)(F)Oc3ccc(CCCCC(F)(F)F)cc3)cc2)COC(=O)/C=C/c2ccc(C(F)(F)Oc3ccc(CCCCC(F)(F)F)cc3)cc2)c(N)c1. The van der Waals surface area contributed by atoms with Crippen LogP contribution < -0.4 is 20.9 Å². The van der Waals surface area contributed by atoms with E-state index in [9.17, 15) is 53.5 Å². The molecule has 0 aliphatic carbocycles. The van der Waals surface area contributed by atoms with E-state index in [1.807, 2.05) is 0 Å². The van der Waals surface area contributed by atoms with Crippen LogP contribution in [0.3, 0.4) is 0 Å². The highest BCUT2D eigenvalue weighted by Gasteiger charge is 2.35. The summed E-state index contributed by atoms with van der Waals surface area (Å²) in [5.41, 5.74) is 14.2. The van der Waals surface area contributed by atoms with Crippen LogP contribution >= 0.6 is 0 Å². The van der Waals surface area contributed by atoms with E-state index >= 15 is 0 Å². The number of halogens is 10. The molecule has 0 aromatic heterocycles. The lowest BCUT2D eigenvalue weighted by atomic mass is 9.98. The molecule has 0 fully saturated rings. The van der Waals surface area contributed by atoms with Crippen LogP contribution in [0.4, 0.5) is 55.3 Å². The number of unbranched alkanes of at least 4 members (excludes halogenated alkanes) is 2. The fourth-order valence-electron chi connectivity index (χ4n) is 6.73. The first-order valence-electron chi connectivity index (χ1n) is 21.5. The molecule has 0 spiro atoms. The van der Waals surface area contributed by atoms with Crippen molar-refractivity contribution in [2.75, 3.05) is 24.7 Å². The van der Waals surface area contributed by atoms with Crippen molar-refractivity contribution in [2.24, 2.45) is 0 Å². The standard InChI is InChI=1S/C51H48F10N2O6/c52-48(53,54)29-3-1-5-34-11-22-42(23-12-34)68-50(58,59)39-17-7-36(8-18-39)15-27-46(64)66-32-38(44-26-21-41(62)31-45(44)63)33-67-47(65)28-16-37-9-19-40(20-10-37)51(60,61)69-43-24-13-35(14-25-43)6-2-4-30-49(55,56)57/h7-28,31,38H,1-6,29-30,32-33,62-63H2/b27-15+,28-16+. The van der Waals surface area contributed by atoms with Gasteiger partial charge in [-0.2, -0.15) is 43.9 Å². The Bertz CT molecular complexity index is 2340. The highest BCUT2D eigenvalue weighted by atomic mass is 19.4. The van der Waals surface area contributed by atoms with Gasteiger partial charge in [0.25, 0.3) is 0 Å². The predicted octanol–water partition coefficient (Wildman–Crippen LogP) is 13.3. The van der Waals surface area contributed by atoms with Gasteiger partial charge in [-0.1, -0.05) is 54.6 Å². The summed E-state index contributed by atoms with van der Waals surface area (Å²) in [6.07, 6.45) is -11.8. The summed E-state index contributed by atoms with van der Waals surface area (Å²) < 4.78 is 155. The molecule has 0 saturated heterocycles. The van der Waals surface area contributed by atoms with E-state index in [1.54, 1.807) is 12.1 Å². The maximum absolute atomic E-state index is 15.0. The Labute approximate surface area is 391 Å². The second-order valence-corrected chi connectivity index (χ2v) is 15.9. The van der Waals surface area contributed by atoms with E-state index in [-0.39, 0.29) is 56.1 Å². The molecule has 0 aliphatic heterocycles. The molecule has 0 aliphatic rings. The van der Waals surface area contributed by atoms with Crippen LogP contribution in [0.5, 0.6) is 11.5 Å². The summed E-state index contributed by atoms with van der Waals surface area (Å²) in [5, 5.41) is 0. The van der Waals surface area contributed by atoms with Crippen molar-refractivity contribution in [1.29, 1.82) is 0 Å². The minimum absolute atomic E-state index is 0.0443. The Morgan fingerprint density at radius 3 is 1.26 bits per heavy atom. The average Bonchev–Trinajstić information content (AvgIpc) is 3.28. The van der Waals surface area contributed by atoms with Gasteiger partial charge in [-0.15, -0.1) is 0 Å². The molecule has 0 atom stereocenters. The van der Waals surface area contributed by atoms with Crippen LogP contribution in [-0.2, 0) is 44.1 Å². The van der Waals surface area contributed by atoms with Gasteiger partial charge in [-0.25, -0.2) is 9.59 Å². The number of rotatable bonds is 23. The highest BCUT2D eigenvalue weighted by molar-refractivity contribution is 5.87. The number of carbonyl (C=O) groups excluding carboxylic acids is 2. The number of ether oxygens (including phenoxy) is 4. The van der Waals surface area contributed by atoms with Gasteiger partial charge in [0, 0.05) is 36.4 Å². The van der Waals surface area contributed by atoms with E-state index < -0.39 is 66.4 Å². The lowest BCUT2D eigenvalue weighted by molar-refractivity contribution is -0.186. The van der Waals surface area contributed by atoms with Crippen LogP contribution in [0.1, 0.15) is 83.4 Å². The number of benzene rings is 5. The second-order valence-electron chi connectivity index (χ2n) is 15.9.